The third-order valence-corrected chi connectivity index (χ3v) is 3.05. The van der Waals surface area contributed by atoms with Gasteiger partial charge in [-0.2, -0.15) is 0 Å². The molecule has 0 aliphatic rings. The number of carbonyl (C=O) groups is 1. The maximum atomic E-state index is 12.2. The van der Waals surface area contributed by atoms with Gasteiger partial charge < -0.3 is 17.2 Å². The molecule has 0 saturated carbocycles. The SMILES string of the molecule is CCCCC(CCCC)C(=O)[C@@H](N)CN=C(N)N. The fourth-order valence-electron chi connectivity index (χ4n) is 1.93. The molecule has 0 heterocycles. The molecule has 5 heteroatoms. The number of rotatable bonds is 10. The first kappa shape index (κ1) is 16.9. The Labute approximate surface area is 110 Å². The molecule has 0 aromatic carbocycles. The van der Waals surface area contributed by atoms with E-state index in [1.807, 2.05) is 0 Å². The van der Waals surface area contributed by atoms with Gasteiger partial charge in [0.05, 0.1) is 12.6 Å². The van der Waals surface area contributed by atoms with Crippen molar-refractivity contribution in [3.8, 4) is 0 Å². The monoisotopic (exact) mass is 256 g/mol. The number of nitrogens with two attached hydrogens (primary N) is 3. The first-order valence-corrected chi connectivity index (χ1v) is 6.87. The van der Waals surface area contributed by atoms with Crippen molar-refractivity contribution in [1.82, 2.24) is 0 Å². The van der Waals surface area contributed by atoms with Crippen molar-refractivity contribution in [3.63, 3.8) is 0 Å². The molecule has 18 heavy (non-hydrogen) atoms. The molecular formula is C13H28N4O. The van der Waals surface area contributed by atoms with E-state index in [9.17, 15) is 4.79 Å². The van der Waals surface area contributed by atoms with E-state index in [-0.39, 0.29) is 24.2 Å². The lowest BCUT2D eigenvalue weighted by atomic mass is 9.89. The number of Topliss-reactive ketones (excluding diaryl/α,β-unsaturated/α-hetero) is 1. The average molecular weight is 256 g/mol. The number of nitrogens with zero attached hydrogens (tertiary/aromatic N) is 1. The fourth-order valence-corrected chi connectivity index (χ4v) is 1.93. The molecule has 5 nitrogen and oxygen atoms in total. The molecule has 0 fully saturated rings. The summed E-state index contributed by atoms with van der Waals surface area (Å²) in [6.07, 6.45) is 6.16. The standard InChI is InChI=1S/C13H28N4O/c1-3-5-7-10(8-6-4-2)12(18)11(14)9-17-13(15)16/h10-11H,3-9,14H2,1-2H3,(H4,15,16,17)/t11-/m0/s1. The molecule has 0 rings (SSSR count). The predicted octanol–water partition coefficient (Wildman–Crippen LogP) is 1.15. The topological polar surface area (TPSA) is 107 Å². The maximum absolute atomic E-state index is 12.2. The van der Waals surface area contributed by atoms with Crippen LogP contribution in [-0.2, 0) is 4.79 Å². The Kier molecular flexibility index (Phi) is 9.28. The molecule has 0 aromatic rings. The number of hydrogen-bond acceptors (Lipinski definition) is 3. The van der Waals surface area contributed by atoms with Crippen LogP contribution in [0.1, 0.15) is 52.4 Å². The van der Waals surface area contributed by atoms with E-state index >= 15 is 0 Å². The zero-order valence-corrected chi connectivity index (χ0v) is 11.7. The van der Waals surface area contributed by atoms with Crippen LogP contribution in [0.5, 0.6) is 0 Å². The highest BCUT2D eigenvalue weighted by Gasteiger charge is 2.23. The quantitative estimate of drug-likeness (QED) is 0.402. The van der Waals surface area contributed by atoms with Crippen LogP contribution in [0.2, 0.25) is 0 Å². The largest absolute Gasteiger partial charge is 0.370 e. The van der Waals surface area contributed by atoms with Gasteiger partial charge in [0.2, 0.25) is 0 Å². The molecule has 0 unspecified atom stereocenters. The van der Waals surface area contributed by atoms with Crippen LogP contribution in [0.4, 0.5) is 0 Å². The Bertz CT molecular complexity index is 254. The van der Waals surface area contributed by atoms with Gasteiger partial charge in [-0.05, 0) is 12.8 Å². The molecule has 0 aliphatic heterocycles. The summed E-state index contributed by atoms with van der Waals surface area (Å²) >= 11 is 0. The van der Waals surface area contributed by atoms with Gasteiger partial charge in [-0.25, -0.2) is 0 Å². The molecule has 0 saturated heterocycles. The fraction of sp³-hybridized carbons (Fsp3) is 0.846. The summed E-state index contributed by atoms with van der Waals surface area (Å²) in [6, 6.07) is -0.578. The van der Waals surface area contributed by atoms with E-state index in [2.05, 4.69) is 18.8 Å². The van der Waals surface area contributed by atoms with Crippen LogP contribution in [-0.4, -0.2) is 24.3 Å². The summed E-state index contributed by atoms with van der Waals surface area (Å²) in [5.74, 6) is 0.146. The second-order valence-electron chi connectivity index (χ2n) is 4.76. The second kappa shape index (κ2) is 9.88. The van der Waals surface area contributed by atoms with Crippen LogP contribution in [0.25, 0.3) is 0 Å². The van der Waals surface area contributed by atoms with Gasteiger partial charge in [0, 0.05) is 5.92 Å². The molecule has 0 amide bonds. The van der Waals surface area contributed by atoms with E-state index in [0.29, 0.717) is 0 Å². The van der Waals surface area contributed by atoms with Crippen molar-refractivity contribution < 1.29 is 4.79 Å². The third-order valence-electron chi connectivity index (χ3n) is 3.05. The van der Waals surface area contributed by atoms with Gasteiger partial charge in [-0.3, -0.25) is 9.79 Å². The second-order valence-corrected chi connectivity index (χ2v) is 4.76. The Hall–Kier alpha value is -1.10. The van der Waals surface area contributed by atoms with Gasteiger partial charge in [-0.1, -0.05) is 39.5 Å². The van der Waals surface area contributed by atoms with Crippen molar-refractivity contribution in [3.05, 3.63) is 0 Å². The Morgan fingerprint density at radius 3 is 2.00 bits per heavy atom. The molecule has 0 aromatic heterocycles. The van der Waals surface area contributed by atoms with Crippen LogP contribution < -0.4 is 17.2 Å². The molecule has 106 valence electrons. The highest BCUT2D eigenvalue weighted by atomic mass is 16.1. The molecule has 0 aliphatic carbocycles. The minimum absolute atomic E-state index is 0.0167. The summed E-state index contributed by atoms with van der Waals surface area (Å²) in [6.45, 7) is 4.44. The van der Waals surface area contributed by atoms with Crippen molar-refractivity contribution in [2.24, 2.45) is 28.1 Å². The molecule has 6 N–H and O–H groups in total. The molecule has 0 spiro atoms. The number of aliphatic imine (C=N–C) groups is 1. The first-order chi connectivity index (χ1) is 8.52. The van der Waals surface area contributed by atoms with Crippen molar-refractivity contribution >= 4 is 11.7 Å². The predicted molar refractivity (Wildman–Crippen MR) is 76.2 cm³/mol. The minimum atomic E-state index is -0.578. The van der Waals surface area contributed by atoms with Gasteiger partial charge >= 0.3 is 0 Å². The minimum Gasteiger partial charge on any atom is -0.370 e. The summed E-state index contributed by atoms with van der Waals surface area (Å²) in [7, 11) is 0. The molecule has 1 atom stereocenters. The van der Waals surface area contributed by atoms with Gasteiger partial charge in [-0.15, -0.1) is 0 Å². The lowest BCUT2D eigenvalue weighted by molar-refractivity contribution is -0.124. The molecule has 0 radical (unpaired) electrons. The van der Waals surface area contributed by atoms with Crippen molar-refractivity contribution in [2.45, 2.75) is 58.4 Å². The number of unbranched alkanes of at least 4 members (excludes halogenated alkanes) is 2. The molecule has 0 bridgehead atoms. The highest BCUT2D eigenvalue weighted by Crippen LogP contribution is 2.18. The van der Waals surface area contributed by atoms with E-state index < -0.39 is 6.04 Å². The van der Waals surface area contributed by atoms with Crippen LogP contribution >= 0.6 is 0 Å². The van der Waals surface area contributed by atoms with E-state index in [1.165, 1.54) is 0 Å². The van der Waals surface area contributed by atoms with Crippen LogP contribution in [0.15, 0.2) is 4.99 Å². The summed E-state index contributed by atoms with van der Waals surface area (Å²) < 4.78 is 0. The summed E-state index contributed by atoms with van der Waals surface area (Å²) in [5.41, 5.74) is 16.3. The number of guanidine groups is 1. The lowest BCUT2D eigenvalue weighted by Gasteiger charge is -2.18. The normalized spacial score (nSPS) is 12.4. The third kappa shape index (κ3) is 7.27. The zero-order chi connectivity index (χ0) is 14.0. The Morgan fingerprint density at radius 1 is 1.11 bits per heavy atom. The Balaban J connectivity index is 4.36. The summed E-state index contributed by atoms with van der Waals surface area (Å²) in [4.78, 5) is 16.0. The number of carbonyl (C=O) groups excluding carboxylic acids is 1. The summed E-state index contributed by atoms with van der Waals surface area (Å²) in [5, 5.41) is 0. The average Bonchev–Trinajstić information content (AvgIpc) is 2.35. The number of ketones is 1. The van der Waals surface area contributed by atoms with Crippen molar-refractivity contribution in [2.75, 3.05) is 6.54 Å². The van der Waals surface area contributed by atoms with Crippen molar-refractivity contribution in [1.29, 1.82) is 0 Å². The van der Waals surface area contributed by atoms with Gasteiger partial charge in [0.15, 0.2) is 11.7 Å². The van der Waals surface area contributed by atoms with Crippen LogP contribution in [0, 0.1) is 5.92 Å². The van der Waals surface area contributed by atoms with Crippen LogP contribution in [0.3, 0.4) is 0 Å². The number of hydrogen-bond donors (Lipinski definition) is 3. The lowest BCUT2D eigenvalue weighted by Crippen LogP contribution is -2.39. The van der Waals surface area contributed by atoms with Gasteiger partial charge in [0.25, 0.3) is 0 Å². The first-order valence-electron chi connectivity index (χ1n) is 6.87. The highest BCUT2D eigenvalue weighted by molar-refractivity contribution is 5.86. The van der Waals surface area contributed by atoms with E-state index in [4.69, 9.17) is 17.2 Å². The molecular weight excluding hydrogens is 228 g/mol. The van der Waals surface area contributed by atoms with Gasteiger partial charge in [0.1, 0.15) is 0 Å². The smallest absolute Gasteiger partial charge is 0.185 e. The zero-order valence-electron chi connectivity index (χ0n) is 11.7. The van der Waals surface area contributed by atoms with E-state index in [1.54, 1.807) is 0 Å². The Morgan fingerprint density at radius 2 is 1.61 bits per heavy atom. The van der Waals surface area contributed by atoms with E-state index in [0.717, 1.165) is 38.5 Å². The maximum Gasteiger partial charge on any atom is 0.185 e.